The second-order valence-corrected chi connectivity index (χ2v) is 2.58. The molecule has 0 amide bonds. The van der Waals surface area contributed by atoms with Gasteiger partial charge in [-0.05, 0) is 6.07 Å². The molecule has 1 aliphatic rings. The van der Waals surface area contributed by atoms with E-state index in [2.05, 4.69) is 0 Å². The highest BCUT2D eigenvalue weighted by Crippen LogP contribution is 2.37. The summed E-state index contributed by atoms with van der Waals surface area (Å²) in [6, 6.07) is 5.68. The molecule has 0 bridgehead atoms. The second-order valence-electron chi connectivity index (χ2n) is 2.58. The Hall–Kier alpha value is -2.29. The van der Waals surface area contributed by atoms with Crippen LogP contribution in [0.25, 0.3) is 0 Å². The Balaban J connectivity index is 2.36. The van der Waals surface area contributed by atoms with Gasteiger partial charge in [-0.1, -0.05) is 0 Å². The van der Waals surface area contributed by atoms with E-state index in [4.69, 9.17) is 14.7 Å². The Kier molecular flexibility index (Phi) is 1.71. The summed E-state index contributed by atoms with van der Waals surface area (Å²) in [6.45, 7) is 0. The SMILES string of the molecule is N#CC1Oc2ccc([N+](=O)[O-])cc2O1. The Morgan fingerprint density at radius 1 is 1.43 bits per heavy atom. The van der Waals surface area contributed by atoms with Crippen molar-refractivity contribution in [3.63, 3.8) is 0 Å². The first-order valence-corrected chi connectivity index (χ1v) is 3.72. The van der Waals surface area contributed by atoms with Gasteiger partial charge in [-0.3, -0.25) is 10.1 Å². The van der Waals surface area contributed by atoms with Crippen LogP contribution in [0.15, 0.2) is 18.2 Å². The van der Waals surface area contributed by atoms with E-state index < -0.39 is 11.2 Å². The van der Waals surface area contributed by atoms with Gasteiger partial charge in [-0.2, -0.15) is 5.26 Å². The van der Waals surface area contributed by atoms with Gasteiger partial charge < -0.3 is 9.47 Å². The summed E-state index contributed by atoms with van der Waals surface area (Å²) in [7, 11) is 0. The van der Waals surface area contributed by atoms with Crippen LogP contribution in [0.4, 0.5) is 5.69 Å². The molecule has 0 fully saturated rings. The maximum atomic E-state index is 10.4. The van der Waals surface area contributed by atoms with Gasteiger partial charge in [-0.25, -0.2) is 0 Å². The van der Waals surface area contributed by atoms with Gasteiger partial charge in [-0.15, -0.1) is 0 Å². The number of nitrogens with zero attached hydrogens (tertiary/aromatic N) is 2. The van der Waals surface area contributed by atoms with Crippen molar-refractivity contribution in [2.24, 2.45) is 0 Å². The minimum atomic E-state index is -1.01. The van der Waals surface area contributed by atoms with E-state index in [1.807, 2.05) is 0 Å². The predicted molar refractivity (Wildman–Crippen MR) is 43.8 cm³/mol. The molecule has 1 aromatic rings. The lowest BCUT2D eigenvalue weighted by molar-refractivity contribution is -0.384. The van der Waals surface area contributed by atoms with Crippen molar-refractivity contribution >= 4 is 5.69 Å². The van der Waals surface area contributed by atoms with Crippen molar-refractivity contribution in [1.82, 2.24) is 0 Å². The monoisotopic (exact) mass is 192 g/mol. The number of ether oxygens (including phenoxy) is 2. The zero-order valence-electron chi connectivity index (χ0n) is 6.84. The molecule has 0 N–H and O–H groups in total. The highest BCUT2D eigenvalue weighted by molar-refractivity contribution is 5.50. The van der Waals surface area contributed by atoms with Crippen LogP contribution in [0.5, 0.6) is 11.5 Å². The Morgan fingerprint density at radius 3 is 2.79 bits per heavy atom. The molecule has 1 aliphatic heterocycles. The molecule has 0 saturated carbocycles. The van der Waals surface area contributed by atoms with Gasteiger partial charge >= 0.3 is 6.29 Å². The van der Waals surface area contributed by atoms with Crippen LogP contribution in [0.1, 0.15) is 0 Å². The summed E-state index contributed by atoms with van der Waals surface area (Å²) in [4.78, 5) is 9.86. The number of fused-ring (bicyclic) bond motifs is 1. The van der Waals surface area contributed by atoms with Gasteiger partial charge in [0.25, 0.3) is 5.69 Å². The average Bonchev–Trinajstić information content (AvgIpc) is 2.58. The molecule has 0 spiro atoms. The standard InChI is InChI=1S/C8H4N2O4/c9-4-8-13-6-2-1-5(10(11)12)3-7(6)14-8/h1-3,8H. The summed E-state index contributed by atoms with van der Waals surface area (Å²) in [6.07, 6.45) is -1.01. The maximum Gasteiger partial charge on any atom is 0.331 e. The van der Waals surface area contributed by atoms with Crippen molar-refractivity contribution in [2.45, 2.75) is 6.29 Å². The number of non-ortho nitro benzene ring substituents is 1. The van der Waals surface area contributed by atoms with Crippen LogP contribution in [0.3, 0.4) is 0 Å². The number of nitro benzene ring substituents is 1. The van der Waals surface area contributed by atoms with Gasteiger partial charge in [0.1, 0.15) is 0 Å². The van der Waals surface area contributed by atoms with Crippen molar-refractivity contribution in [2.75, 3.05) is 0 Å². The molecule has 1 unspecified atom stereocenters. The number of rotatable bonds is 1. The fourth-order valence-electron chi connectivity index (χ4n) is 1.11. The molecule has 70 valence electrons. The number of hydrogen-bond donors (Lipinski definition) is 0. The lowest BCUT2D eigenvalue weighted by Gasteiger charge is -1.96. The first kappa shape index (κ1) is 8.31. The van der Waals surface area contributed by atoms with Gasteiger partial charge in [0.2, 0.25) is 0 Å². The predicted octanol–water partition coefficient (Wildman–Crippen LogP) is 1.22. The van der Waals surface area contributed by atoms with Gasteiger partial charge in [0.05, 0.1) is 11.0 Å². The quantitative estimate of drug-likeness (QED) is 0.493. The van der Waals surface area contributed by atoms with Crippen LogP contribution in [-0.4, -0.2) is 11.2 Å². The molecule has 0 aliphatic carbocycles. The molecule has 6 heteroatoms. The normalized spacial score (nSPS) is 17.5. The molecule has 14 heavy (non-hydrogen) atoms. The smallest absolute Gasteiger partial charge is 0.331 e. The molecule has 1 aromatic carbocycles. The molecule has 6 nitrogen and oxygen atoms in total. The van der Waals surface area contributed by atoms with Crippen molar-refractivity contribution in [3.8, 4) is 17.6 Å². The molecule has 2 rings (SSSR count). The number of nitro groups is 1. The third-order valence-corrected chi connectivity index (χ3v) is 1.71. The fourth-order valence-corrected chi connectivity index (χ4v) is 1.11. The summed E-state index contributed by atoms with van der Waals surface area (Å²) in [5.74, 6) is 0.577. The van der Waals surface area contributed by atoms with Crippen molar-refractivity contribution in [3.05, 3.63) is 28.3 Å². The van der Waals surface area contributed by atoms with E-state index in [0.29, 0.717) is 5.75 Å². The molecule has 0 aromatic heterocycles. The molecular weight excluding hydrogens is 188 g/mol. The van der Waals surface area contributed by atoms with Gasteiger partial charge in [0, 0.05) is 6.07 Å². The molecule has 0 radical (unpaired) electrons. The van der Waals surface area contributed by atoms with E-state index in [9.17, 15) is 10.1 Å². The summed E-state index contributed by atoms with van der Waals surface area (Å²) < 4.78 is 9.94. The number of benzene rings is 1. The summed E-state index contributed by atoms with van der Waals surface area (Å²) in [5.41, 5.74) is -0.0917. The van der Waals surface area contributed by atoms with E-state index in [-0.39, 0.29) is 11.4 Å². The Labute approximate surface area is 78.4 Å². The van der Waals surface area contributed by atoms with Crippen LogP contribution >= 0.6 is 0 Å². The zero-order valence-corrected chi connectivity index (χ0v) is 6.84. The van der Waals surface area contributed by atoms with E-state index in [1.165, 1.54) is 18.2 Å². The van der Waals surface area contributed by atoms with Crippen molar-refractivity contribution < 1.29 is 14.4 Å². The number of nitriles is 1. The molecule has 0 saturated heterocycles. The summed E-state index contributed by atoms with van der Waals surface area (Å²) >= 11 is 0. The third kappa shape index (κ3) is 1.21. The molecule has 1 atom stereocenters. The minimum Gasteiger partial charge on any atom is -0.439 e. The van der Waals surface area contributed by atoms with Crippen LogP contribution in [-0.2, 0) is 0 Å². The maximum absolute atomic E-state index is 10.4. The fraction of sp³-hybridized carbons (Fsp3) is 0.125. The first-order valence-electron chi connectivity index (χ1n) is 3.72. The van der Waals surface area contributed by atoms with E-state index >= 15 is 0 Å². The number of hydrogen-bond acceptors (Lipinski definition) is 5. The van der Waals surface area contributed by atoms with E-state index in [0.717, 1.165) is 0 Å². The van der Waals surface area contributed by atoms with Crippen molar-refractivity contribution in [1.29, 1.82) is 5.26 Å². The average molecular weight is 192 g/mol. The highest BCUT2D eigenvalue weighted by atomic mass is 16.7. The Morgan fingerprint density at radius 2 is 2.14 bits per heavy atom. The lowest BCUT2D eigenvalue weighted by Crippen LogP contribution is -2.14. The van der Waals surface area contributed by atoms with Crippen LogP contribution in [0, 0.1) is 21.4 Å². The second kappa shape index (κ2) is 2.88. The van der Waals surface area contributed by atoms with Crippen LogP contribution < -0.4 is 9.47 Å². The third-order valence-electron chi connectivity index (χ3n) is 1.71. The van der Waals surface area contributed by atoms with E-state index in [1.54, 1.807) is 6.07 Å². The Bertz CT molecular complexity index is 437. The largest absolute Gasteiger partial charge is 0.439 e. The summed E-state index contributed by atoms with van der Waals surface area (Å²) in [5, 5.41) is 18.9. The first-order chi connectivity index (χ1) is 6.70. The molecular formula is C8H4N2O4. The minimum absolute atomic E-state index is 0.0917. The lowest BCUT2D eigenvalue weighted by atomic mass is 10.3. The van der Waals surface area contributed by atoms with Gasteiger partial charge in [0.15, 0.2) is 17.6 Å². The van der Waals surface area contributed by atoms with Crippen LogP contribution in [0.2, 0.25) is 0 Å². The topological polar surface area (TPSA) is 85.4 Å². The highest BCUT2D eigenvalue weighted by Gasteiger charge is 2.25. The molecule has 1 heterocycles. The zero-order chi connectivity index (χ0) is 10.1.